The van der Waals surface area contributed by atoms with E-state index in [9.17, 15) is 4.79 Å². The van der Waals surface area contributed by atoms with Crippen molar-refractivity contribution in [3.05, 3.63) is 29.8 Å². The second-order valence-electron chi connectivity index (χ2n) is 7.24. The highest BCUT2D eigenvalue weighted by Gasteiger charge is 2.09. The SMILES string of the molecule is CCCCOCCC(CCC)CCCCNC(=O)c1ccc(OCOC)cc1. The molecule has 0 fully saturated rings. The number of benzene rings is 1. The number of methoxy groups -OCH3 is 1. The van der Waals surface area contributed by atoms with Crippen LogP contribution in [0, 0.1) is 5.92 Å². The second kappa shape index (κ2) is 16.4. The van der Waals surface area contributed by atoms with Gasteiger partial charge in [-0.3, -0.25) is 4.79 Å². The smallest absolute Gasteiger partial charge is 0.251 e. The van der Waals surface area contributed by atoms with Gasteiger partial charge >= 0.3 is 0 Å². The standard InChI is InChI=1S/C23H39NO4/c1-4-6-17-27-18-15-20(9-5-2)10-7-8-16-24-23(25)21-11-13-22(14-12-21)28-19-26-3/h11-14,20H,4-10,15-19H2,1-3H3,(H,24,25). The van der Waals surface area contributed by atoms with Gasteiger partial charge in [-0.05, 0) is 49.4 Å². The Balaban J connectivity index is 2.18. The van der Waals surface area contributed by atoms with E-state index in [0.717, 1.165) is 44.8 Å². The molecule has 0 radical (unpaired) electrons. The van der Waals surface area contributed by atoms with Crippen molar-refractivity contribution in [2.75, 3.05) is 33.7 Å². The van der Waals surface area contributed by atoms with Crippen molar-refractivity contribution in [3.63, 3.8) is 0 Å². The monoisotopic (exact) mass is 393 g/mol. The van der Waals surface area contributed by atoms with Crippen LogP contribution < -0.4 is 10.1 Å². The molecular formula is C23H39NO4. The maximum absolute atomic E-state index is 12.2. The third kappa shape index (κ3) is 11.3. The third-order valence-corrected chi connectivity index (χ3v) is 4.79. The Kier molecular flexibility index (Phi) is 14.3. The molecule has 0 spiro atoms. The molecule has 0 bridgehead atoms. The summed E-state index contributed by atoms with van der Waals surface area (Å²) >= 11 is 0. The van der Waals surface area contributed by atoms with Crippen molar-refractivity contribution < 1.29 is 19.0 Å². The Morgan fingerprint density at radius 2 is 1.75 bits per heavy atom. The molecule has 0 aliphatic heterocycles. The maximum Gasteiger partial charge on any atom is 0.251 e. The van der Waals surface area contributed by atoms with Gasteiger partial charge in [-0.25, -0.2) is 0 Å². The first-order valence-corrected chi connectivity index (χ1v) is 10.8. The van der Waals surface area contributed by atoms with E-state index in [4.69, 9.17) is 14.2 Å². The summed E-state index contributed by atoms with van der Waals surface area (Å²) in [6.07, 6.45) is 9.35. The summed E-state index contributed by atoms with van der Waals surface area (Å²) in [6.45, 7) is 7.12. The van der Waals surface area contributed by atoms with Crippen molar-refractivity contribution >= 4 is 5.91 Å². The minimum atomic E-state index is -0.0345. The molecule has 0 aliphatic rings. The molecule has 5 nitrogen and oxygen atoms in total. The molecule has 1 amide bonds. The molecule has 0 heterocycles. The highest BCUT2D eigenvalue weighted by molar-refractivity contribution is 5.94. The largest absolute Gasteiger partial charge is 0.468 e. The van der Waals surface area contributed by atoms with Gasteiger partial charge in [-0.2, -0.15) is 0 Å². The molecule has 1 atom stereocenters. The van der Waals surface area contributed by atoms with E-state index < -0.39 is 0 Å². The van der Waals surface area contributed by atoms with Crippen molar-refractivity contribution in [2.24, 2.45) is 5.92 Å². The molecule has 1 aromatic rings. The van der Waals surface area contributed by atoms with Crippen LogP contribution in [0.1, 0.15) is 75.6 Å². The average molecular weight is 394 g/mol. The van der Waals surface area contributed by atoms with E-state index in [1.807, 2.05) is 0 Å². The molecule has 0 aromatic heterocycles. The third-order valence-electron chi connectivity index (χ3n) is 4.79. The molecule has 0 saturated heterocycles. The van der Waals surface area contributed by atoms with Crippen LogP contribution in [0.2, 0.25) is 0 Å². The molecule has 5 heteroatoms. The predicted molar refractivity (Wildman–Crippen MR) is 114 cm³/mol. The lowest BCUT2D eigenvalue weighted by Gasteiger charge is -2.16. The van der Waals surface area contributed by atoms with E-state index in [2.05, 4.69) is 19.2 Å². The average Bonchev–Trinajstić information content (AvgIpc) is 2.72. The zero-order chi connectivity index (χ0) is 20.5. The number of rotatable bonds is 17. The fourth-order valence-corrected chi connectivity index (χ4v) is 3.13. The van der Waals surface area contributed by atoms with Gasteiger partial charge in [0.1, 0.15) is 5.75 Å². The van der Waals surface area contributed by atoms with Crippen LogP contribution in [0.3, 0.4) is 0 Å². The summed E-state index contributed by atoms with van der Waals surface area (Å²) < 4.78 is 15.9. The summed E-state index contributed by atoms with van der Waals surface area (Å²) in [5.41, 5.74) is 0.651. The first-order chi connectivity index (χ1) is 13.7. The highest BCUT2D eigenvalue weighted by atomic mass is 16.7. The van der Waals surface area contributed by atoms with Gasteiger partial charge < -0.3 is 19.5 Å². The maximum atomic E-state index is 12.2. The number of carbonyl (C=O) groups excluding carboxylic acids is 1. The Bertz CT molecular complexity index is 504. The Morgan fingerprint density at radius 3 is 2.43 bits per heavy atom. The Labute approximate surface area is 171 Å². The topological polar surface area (TPSA) is 56.8 Å². The molecular weight excluding hydrogens is 354 g/mol. The first kappa shape index (κ1) is 24.4. The summed E-state index contributed by atoms with van der Waals surface area (Å²) in [4.78, 5) is 12.2. The lowest BCUT2D eigenvalue weighted by Crippen LogP contribution is -2.24. The van der Waals surface area contributed by atoms with Crippen molar-refractivity contribution in [3.8, 4) is 5.75 Å². The highest BCUT2D eigenvalue weighted by Crippen LogP contribution is 2.19. The molecule has 0 saturated carbocycles. The van der Waals surface area contributed by atoms with Gasteiger partial charge in [-0.1, -0.05) is 46.0 Å². The number of ether oxygens (including phenoxy) is 3. The van der Waals surface area contributed by atoms with Crippen LogP contribution in [-0.4, -0.2) is 39.6 Å². The summed E-state index contributed by atoms with van der Waals surface area (Å²) in [5, 5.41) is 3.00. The molecule has 1 rings (SSSR count). The first-order valence-electron chi connectivity index (χ1n) is 10.8. The van der Waals surface area contributed by atoms with E-state index in [1.165, 1.54) is 25.7 Å². The minimum Gasteiger partial charge on any atom is -0.468 e. The number of carbonyl (C=O) groups is 1. The number of hydrogen-bond donors (Lipinski definition) is 1. The van der Waals surface area contributed by atoms with Gasteiger partial charge in [0.25, 0.3) is 5.91 Å². The molecule has 28 heavy (non-hydrogen) atoms. The van der Waals surface area contributed by atoms with Gasteiger partial charge in [0, 0.05) is 32.4 Å². The summed E-state index contributed by atoms with van der Waals surface area (Å²) in [7, 11) is 1.58. The Morgan fingerprint density at radius 1 is 0.964 bits per heavy atom. The fraction of sp³-hybridized carbons (Fsp3) is 0.696. The van der Waals surface area contributed by atoms with Crippen LogP contribution in [0.15, 0.2) is 24.3 Å². The van der Waals surface area contributed by atoms with E-state index >= 15 is 0 Å². The van der Waals surface area contributed by atoms with Gasteiger partial charge in [-0.15, -0.1) is 0 Å². The normalized spacial score (nSPS) is 12.0. The zero-order valence-electron chi connectivity index (χ0n) is 18.0. The molecule has 160 valence electrons. The van der Waals surface area contributed by atoms with Gasteiger partial charge in [0.15, 0.2) is 6.79 Å². The van der Waals surface area contributed by atoms with Crippen LogP contribution in [0.4, 0.5) is 0 Å². The van der Waals surface area contributed by atoms with E-state index in [0.29, 0.717) is 17.9 Å². The summed E-state index contributed by atoms with van der Waals surface area (Å²) in [6, 6.07) is 7.12. The van der Waals surface area contributed by atoms with Crippen molar-refractivity contribution in [1.82, 2.24) is 5.32 Å². The lowest BCUT2D eigenvalue weighted by molar-refractivity contribution is 0.0511. The van der Waals surface area contributed by atoms with Crippen LogP contribution in [0.5, 0.6) is 5.75 Å². The zero-order valence-corrected chi connectivity index (χ0v) is 18.0. The van der Waals surface area contributed by atoms with Crippen LogP contribution >= 0.6 is 0 Å². The van der Waals surface area contributed by atoms with Crippen LogP contribution in [0.25, 0.3) is 0 Å². The lowest BCUT2D eigenvalue weighted by atomic mass is 9.94. The quantitative estimate of drug-likeness (QED) is 0.292. The molecule has 1 unspecified atom stereocenters. The molecule has 0 aliphatic carbocycles. The van der Waals surface area contributed by atoms with Crippen molar-refractivity contribution in [2.45, 2.75) is 65.2 Å². The number of hydrogen-bond acceptors (Lipinski definition) is 4. The van der Waals surface area contributed by atoms with E-state index in [-0.39, 0.29) is 12.7 Å². The fourth-order valence-electron chi connectivity index (χ4n) is 3.13. The molecule has 1 N–H and O–H groups in total. The second-order valence-corrected chi connectivity index (χ2v) is 7.24. The van der Waals surface area contributed by atoms with Crippen LogP contribution in [-0.2, 0) is 9.47 Å². The number of unbranched alkanes of at least 4 members (excludes halogenated alkanes) is 2. The van der Waals surface area contributed by atoms with Gasteiger partial charge in [0.2, 0.25) is 0 Å². The molecule has 1 aromatic carbocycles. The van der Waals surface area contributed by atoms with Gasteiger partial charge in [0.05, 0.1) is 0 Å². The van der Waals surface area contributed by atoms with E-state index in [1.54, 1.807) is 31.4 Å². The Hall–Kier alpha value is -1.59. The van der Waals surface area contributed by atoms with Crippen molar-refractivity contribution in [1.29, 1.82) is 0 Å². The summed E-state index contributed by atoms with van der Waals surface area (Å²) in [5.74, 6) is 1.40. The number of nitrogens with one attached hydrogen (secondary N) is 1. The minimum absolute atomic E-state index is 0.0345. The number of amides is 1. The predicted octanol–water partition coefficient (Wildman–Crippen LogP) is 5.19.